The summed E-state index contributed by atoms with van der Waals surface area (Å²) in [7, 11) is -5.57. The van der Waals surface area contributed by atoms with Crippen molar-refractivity contribution in [1.29, 1.82) is 0 Å². The topological polar surface area (TPSA) is 57.5 Å². The highest BCUT2D eigenvalue weighted by Crippen LogP contribution is 2.60. The van der Waals surface area contributed by atoms with E-state index in [0.29, 0.717) is 5.75 Å². The molecule has 0 amide bonds. The highest BCUT2D eigenvalue weighted by molar-refractivity contribution is 9.10. The number of rotatable bonds is 7. The number of benzene rings is 2. The molecule has 8 heteroatoms. The van der Waals surface area contributed by atoms with Crippen molar-refractivity contribution in [2.45, 2.75) is 11.4 Å². The quantitative estimate of drug-likeness (QED) is 0.426. The van der Waals surface area contributed by atoms with Crippen molar-refractivity contribution in [2.75, 3.05) is 5.75 Å². The van der Waals surface area contributed by atoms with Gasteiger partial charge in [-0.15, -0.1) is 0 Å². The van der Waals surface area contributed by atoms with E-state index in [1.807, 2.05) is 42.5 Å². The summed E-state index contributed by atoms with van der Waals surface area (Å²) in [6.45, 7) is 0. The summed E-state index contributed by atoms with van der Waals surface area (Å²) in [5.74, 6) is 1.35. The molecule has 0 unspecified atom stereocenters. The summed E-state index contributed by atoms with van der Waals surface area (Å²) in [6, 6.07) is 13.8. The van der Waals surface area contributed by atoms with E-state index in [1.165, 1.54) is 12.1 Å². The Morgan fingerprint density at radius 2 is 1.84 bits per heavy atom. The SMILES string of the molecule is O=P(O)(O)C(F)(F)c1ccc(CSCC=Cc2ccccc2)cc1Br. The molecule has 0 heterocycles. The van der Waals surface area contributed by atoms with Crippen LogP contribution in [-0.4, -0.2) is 15.5 Å². The van der Waals surface area contributed by atoms with Crippen LogP contribution in [0, 0.1) is 0 Å². The van der Waals surface area contributed by atoms with Crippen molar-refractivity contribution in [1.82, 2.24) is 0 Å². The fourth-order valence-electron chi connectivity index (χ4n) is 2.04. The monoisotopic (exact) mass is 448 g/mol. The summed E-state index contributed by atoms with van der Waals surface area (Å²) >= 11 is 4.59. The van der Waals surface area contributed by atoms with Gasteiger partial charge in [0.05, 0.1) is 0 Å². The molecule has 0 aliphatic heterocycles. The number of thioether (sulfide) groups is 1. The molecule has 0 bridgehead atoms. The first kappa shape index (κ1) is 20.3. The lowest BCUT2D eigenvalue weighted by molar-refractivity contribution is 0.0557. The molecule has 0 radical (unpaired) electrons. The van der Waals surface area contributed by atoms with E-state index >= 15 is 0 Å². The molecule has 2 aromatic rings. The van der Waals surface area contributed by atoms with Crippen LogP contribution >= 0.6 is 35.3 Å². The number of hydrogen-bond donors (Lipinski definition) is 2. The van der Waals surface area contributed by atoms with Crippen molar-refractivity contribution >= 4 is 41.4 Å². The van der Waals surface area contributed by atoms with Gasteiger partial charge in [-0.3, -0.25) is 4.57 Å². The van der Waals surface area contributed by atoms with Crippen molar-refractivity contribution in [3.05, 3.63) is 75.8 Å². The van der Waals surface area contributed by atoms with Crippen LogP contribution in [0.4, 0.5) is 8.78 Å². The Balaban J connectivity index is 1.95. The Kier molecular flexibility index (Phi) is 7.00. The van der Waals surface area contributed by atoms with Crippen molar-refractivity contribution in [3.8, 4) is 0 Å². The molecule has 0 saturated carbocycles. The smallest absolute Gasteiger partial charge is 0.320 e. The van der Waals surface area contributed by atoms with Crippen molar-refractivity contribution in [2.24, 2.45) is 0 Å². The van der Waals surface area contributed by atoms with E-state index in [0.717, 1.165) is 22.9 Å². The summed E-state index contributed by atoms with van der Waals surface area (Å²) < 4.78 is 38.5. The van der Waals surface area contributed by atoms with Gasteiger partial charge in [-0.25, -0.2) is 0 Å². The van der Waals surface area contributed by atoms with Gasteiger partial charge in [0.15, 0.2) is 0 Å². The number of halogens is 3. The van der Waals surface area contributed by atoms with Gasteiger partial charge in [-0.05, 0) is 17.2 Å². The first-order valence-corrected chi connectivity index (χ1v) is 10.8. The molecule has 3 nitrogen and oxygen atoms in total. The summed E-state index contributed by atoms with van der Waals surface area (Å²) in [6.07, 6.45) is 4.03. The summed E-state index contributed by atoms with van der Waals surface area (Å²) in [5.41, 5.74) is -3.03. The van der Waals surface area contributed by atoms with Crippen LogP contribution in [-0.2, 0) is 16.0 Å². The molecule has 25 heavy (non-hydrogen) atoms. The van der Waals surface area contributed by atoms with Gasteiger partial charge in [0, 0.05) is 21.5 Å². The van der Waals surface area contributed by atoms with Gasteiger partial charge in [0.25, 0.3) is 0 Å². The molecule has 134 valence electrons. The van der Waals surface area contributed by atoms with Gasteiger partial charge in [0.2, 0.25) is 0 Å². The third-order valence-electron chi connectivity index (χ3n) is 3.32. The largest absolute Gasteiger partial charge is 0.399 e. The van der Waals surface area contributed by atoms with E-state index in [1.54, 1.807) is 11.8 Å². The lowest BCUT2D eigenvalue weighted by Crippen LogP contribution is -2.14. The van der Waals surface area contributed by atoms with Crippen LogP contribution in [0.2, 0.25) is 0 Å². The predicted molar refractivity (Wildman–Crippen MR) is 102 cm³/mol. The standard InChI is InChI=1S/C17H16BrF2O3PS/c18-16-11-14(8-9-15(16)17(19,20)24(21,22)23)12-25-10-4-7-13-5-2-1-3-6-13/h1-9,11H,10,12H2,(H2,21,22,23). The van der Waals surface area contributed by atoms with E-state index in [2.05, 4.69) is 15.9 Å². The third kappa shape index (κ3) is 5.50. The minimum Gasteiger partial charge on any atom is -0.320 e. The van der Waals surface area contributed by atoms with E-state index in [4.69, 9.17) is 9.79 Å². The maximum absolute atomic E-state index is 13.8. The molecule has 0 saturated heterocycles. The van der Waals surface area contributed by atoms with Gasteiger partial charge in [0.1, 0.15) is 0 Å². The zero-order valence-corrected chi connectivity index (χ0v) is 16.3. The van der Waals surface area contributed by atoms with Crippen LogP contribution in [0.15, 0.2) is 59.1 Å². The van der Waals surface area contributed by atoms with E-state index < -0.39 is 18.8 Å². The Hall–Kier alpha value is -0.980. The average molecular weight is 449 g/mol. The van der Waals surface area contributed by atoms with Gasteiger partial charge < -0.3 is 9.79 Å². The summed E-state index contributed by atoms with van der Waals surface area (Å²) in [4.78, 5) is 17.6. The van der Waals surface area contributed by atoms with Crippen LogP contribution in [0.25, 0.3) is 6.08 Å². The lowest BCUT2D eigenvalue weighted by Gasteiger charge is -2.19. The van der Waals surface area contributed by atoms with Gasteiger partial charge in [-0.1, -0.05) is 70.5 Å². The molecular weight excluding hydrogens is 433 g/mol. The number of hydrogen-bond acceptors (Lipinski definition) is 2. The Morgan fingerprint density at radius 3 is 2.44 bits per heavy atom. The van der Waals surface area contributed by atoms with Crippen LogP contribution in [0.5, 0.6) is 0 Å². The Morgan fingerprint density at radius 1 is 1.16 bits per heavy atom. The fraction of sp³-hybridized carbons (Fsp3) is 0.176. The first-order chi connectivity index (χ1) is 11.7. The first-order valence-electron chi connectivity index (χ1n) is 7.23. The molecule has 0 fully saturated rings. The molecule has 2 N–H and O–H groups in total. The highest BCUT2D eigenvalue weighted by Gasteiger charge is 2.51. The average Bonchev–Trinajstić information content (AvgIpc) is 2.54. The van der Waals surface area contributed by atoms with Crippen molar-refractivity contribution < 1.29 is 23.1 Å². The van der Waals surface area contributed by atoms with Crippen LogP contribution in [0.1, 0.15) is 16.7 Å². The maximum atomic E-state index is 13.8. The molecule has 0 aliphatic rings. The third-order valence-corrected chi connectivity index (χ3v) is 5.91. The minimum atomic E-state index is -5.57. The number of alkyl halides is 2. The minimum absolute atomic E-state index is 0.0150. The predicted octanol–water partition coefficient (Wildman–Crippen LogP) is 5.62. The zero-order chi connectivity index (χ0) is 18.5. The fourth-order valence-corrected chi connectivity index (χ4v) is 4.15. The molecular formula is C17H16BrF2O3PS. The van der Waals surface area contributed by atoms with Crippen molar-refractivity contribution in [3.63, 3.8) is 0 Å². The second-order valence-corrected chi connectivity index (χ2v) is 8.76. The van der Waals surface area contributed by atoms with Gasteiger partial charge >= 0.3 is 13.3 Å². The molecule has 2 rings (SSSR count). The van der Waals surface area contributed by atoms with Gasteiger partial charge in [-0.2, -0.15) is 20.5 Å². The zero-order valence-electron chi connectivity index (χ0n) is 13.0. The Labute approximate surface area is 157 Å². The molecule has 2 aromatic carbocycles. The van der Waals surface area contributed by atoms with Crippen LogP contribution in [0.3, 0.4) is 0 Å². The van der Waals surface area contributed by atoms with E-state index in [-0.39, 0.29) is 4.47 Å². The normalized spacial score (nSPS) is 12.7. The maximum Gasteiger partial charge on any atom is 0.399 e. The molecule has 0 atom stereocenters. The Bertz CT molecular complexity index is 794. The highest BCUT2D eigenvalue weighted by atomic mass is 79.9. The summed E-state index contributed by atoms with van der Waals surface area (Å²) in [5, 5.41) is 0. The second kappa shape index (κ2) is 8.60. The molecule has 0 spiro atoms. The molecule has 0 aromatic heterocycles. The van der Waals surface area contributed by atoms with E-state index in [9.17, 15) is 13.3 Å². The molecule has 0 aliphatic carbocycles. The second-order valence-electron chi connectivity index (χ2n) is 5.23. The lowest BCUT2D eigenvalue weighted by atomic mass is 10.1. The van der Waals surface area contributed by atoms with Crippen LogP contribution < -0.4 is 0 Å².